The molecule has 2 aliphatic rings. The molecular formula is C34H51N5O6Si. The summed E-state index contributed by atoms with van der Waals surface area (Å²) in [6, 6.07) is 8.92. The molecule has 1 unspecified atom stereocenters. The average Bonchev–Trinajstić information content (AvgIpc) is 3.57. The number of hydrogen-bond donors (Lipinski definition) is 2. The summed E-state index contributed by atoms with van der Waals surface area (Å²) in [4.78, 5) is 26.4. The van der Waals surface area contributed by atoms with E-state index in [4.69, 9.17) is 18.6 Å². The van der Waals surface area contributed by atoms with Gasteiger partial charge in [0.15, 0.2) is 37.1 Å². The molecule has 46 heavy (non-hydrogen) atoms. The van der Waals surface area contributed by atoms with E-state index in [1.807, 2.05) is 6.07 Å². The van der Waals surface area contributed by atoms with Crippen molar-refractivity contribution in [1.82, 2.24) is 19.5 Å². The minimum atomic E-state index is -2.27. The van der Waals surface area contributed by atoms with Gasteiger partial charge in [-0.15, -0.1) is 0 Å². The van der Waals surface area contributed by atoms with E-state index in [1.54, 1.807) is 35.2 Å². The van der Waals surface area contributed by atoms with Crippen LogP contribution in [0.3, 0.4) is 0 Å². The molecule has 0 radical (unpaired) electrons. The Kier molecular flexibility index (Phi) is 10.4. The van der Waals surface area contributed by atoms with Gasteiger partial charge in [-0.3, -0.25) is 9.36 Å². The van der Waals surface area contributed by atoms with Gasteiger partial charge in [0.1, 0.15) is 18.5 Å². The molecule has 11 nitrogen and oxygen atoms in total. The summed E-state index contributed by atoms with van der Waals surface area (Å²) >= 11 is 0. The van der Waals surface area contributed by atoms with Crippen molar-refractivity contribution in [1.29, 1.82) is 0 Å². The number of carbonyl (C=O) groups excluding carboxylic acids is 1. The largest absolute Gasteiger partial charge is 0.408 e. The van der Waals surface area contributed by atoms with E-state index in [1.165, 1.54) is 6.33 Å². The van der Waals surface area contributed by atoms with Gasteiger partial charge in [0.2, 0.25) is 0 Å². The molecule has 252 valence electrons. The van der Waals surface area contributed by atoms with Crippen molar-refractivity contribution in [2.24, 2.45) is 0 Å². The fourth-order valence-corrected chi connectivity index (χ4v) is 7.60. The van der Waals surface area contributed by atoms with E-state index in [2.05, 4.69) is 68.0 Å². The van der Waals surface area contributed by atoms with E-state index in [-0.39, 0.29) is 23.4 Å². The van der Waals surface area contributed by atoms with Gasteiger partial charge in [-0.1, -0.05) is 65.7 Å². The Morgan fingerprint density at radius 3 is 2.43 bits per heavy atom. The monoisotopic (exact) mass is 653 g/mol. The van der Waals surface area contributed by atoms with Crippen LogP contribution in [-0.4, -0.2) is 82.1 Å². The Morgan fingerprint density at radius 1 is 1.09 bits per heavy atom. The number of anilines is 1. The van der Waals surface area contributed by atoms with Crippen molar-refractivity contribution in [3.8, 4) is 0 Å². The third kappa shape index (κ3) is 6.65. The first-order valence-corrected chi connectivity index (χ1v) is 19.6. The molecule has 2 N–H and O–H groups in total. The van der Waals surface area contributed by atoms with Gasteiger partial charge < -0.3 is 29.1 Å². The number of imidazole rings is 1. The minimum Gasteiger partial charge on any atom is -0.408 e. The average molecular weight is 654 g/mol. The van der Waals surface area contributed by atoms with Crippen molar-refractivity contribution in [2.75, 3.05) is 25.1 Å². The summed E-state index contributed by atoms with van der Waals surface area (Å²) in [5, 5.41) is 15.0. The molecule has 1 aliphatic heterocycles. The molecule has 0 bridgehead atoms. The first kappa shape index (κ1) is 34.6. The highest BCUT2D eigenvalue weighted by Crippen LogP contribution is 2.60. The molecular weight excluding hydrogens is 602 g/mol. The zero-order valence-electron chi connectivity index (χ0n) is 28.4. The number of hydrogen-bond acceptors (Lipinski definition) is 9. The highest BCUT2D eigenvalue weighted by atomic mass is 28.4. The smallest absolute Gasteiger partial charge is 0.256 e. The zero-order valence-corrected chi connectivity index (χ0v) is 29.4. The van der Waals surface area contributed by atoms with E-state index < -0.39 is 38.0 Å². The van der Waals surface area contributed by atoms with Crippen molar-refractivity contribution in [3.63, 3.8) is 0 Å². The number of aliphatic hydroxyl groups is 1. The van der Waals surface area contributed by atoms with Gasteiger partial charge in [-0.25, -0.2) is 15.0 Å². The number of ether oxygens (including phenoxy) is 3. The number of aliphatic hydroxyl groups excluding tert-OH is 1. The van der Waals surface area contributed by atoms with Crippen LogP contribution in [0, 0.1) is 0 Å². The number of benzene rings is 1. The number of nitrogens with one attached hydrogen (secondary N) is 1. The lowest BCUT2D eigenvalue weighted by Crippen LogP contribution is -2.62. The summed E-state index contributed by atoms with van der Waals surface area (Å²) in [7, 11) is -2.27. The third-order valence-corrected chi connectivity index (χ3v) is 14.3. The molecule has 3 aromatic rings. The van der Waals surface area contributed by atoms with Crippen LogP contribution in [0.1, 0.15) is 89.7 Å². The number of fused-ring (bicyclic) bond motifs is 1. The Bertz CT molecular complexity index is 1470. The number of amides is 1. The zero-order chi connectivity index (χ0) is 33.2. The van der Waals surface area contributed by atoms with E-state index in [0.29, 0.717) is 29.9 Å². The third-order valence-electron chi connectivity index (χ3n) is 9.78. The van der Waals surface area contributed by atoms with Crippen LogP contribution in [0.4, 0.5) is 5.82 Å². The van der Waals surface area contributed by atoms with Gasteiger partial charge in [0.25, 0.3) is 5.91 Å². The molecule has 3 heterocycles. The van der Waals surface area contributed by atoms with Crippen LogP contribution in [0.5, 0.6) is 0 Å². The summed E-state index contributed by atoms with van der Waals surface area (Å²) < 4.78 is 29.0. The highest BCUT2D eigenvalue weighted by molar-refractivity contribution is 6.74. The van der Waals surface area contributed by atoms with Gasteiger partial charge >= 0.3 is 0 Å². The number of nitrogens with zero attached hydrogens (tertiary/aromatic N) is 4. The second-order valence-corrected chi connectivity index (χ2v) is 18.9. The molecule has 2 aromatic heterocycles. The van der Waals surface area contributed by atoms with Crippen LogP contribution in [0.15, 0.2) is 43.0 Å². The lowest BCUT2D eigenvalue weighted by Gasteiger charge is -2.47. The van der Waals surface area contributed by atoms with Crippen molar-refractivity contribution < 1.29 is 28.5 Å². The summed E-state index contributed by atoms with van der Waals surface area (Å²) in [5.41, 5.74) is -0.425. The summed E-state index contributed by atoms with van der Waals surface area (Å²) in [6.45, 7) is 16.7. The molecule has 0 spiro atoms. The fourth-order valence-electron chi connectivity index (χ4n) is 5.94. The van der Waals surface area contributed by atoms with E-state index in [9.17, 15) is 9.90 Å². The minimum absolute atomic E-state index is 0.0277. The lowest BCUT2D eigenvalue weighted by molar-refractivity contribution is -0.206. The second kappa shape index (κ2) is 13.8. The molecule has 5 rings (SSSR count). The second-order valence-electron chi connectivity index (χ2n) is 14.2. The molecule has 1 aliphatic carbocycles. The van der Waals surface area contributed by atoms with Gasteiger partial charge in [0, 0.05) is 18.8 Å². The van der Waals surface area contributed by atoms with Crippen LogP contribution in [-0.2, 0) is 18.6 Å². The first-order valence-electron chi connectivity index (χ1n) is 16.7. The number of rotatable bonds is 15. The predicted molar refractivity (Wildman–Crippen MR) is 179 cm³/mol. The highest BCUT2D eigenvalue weighted by Gasteiger charge is 2.73. The molecule has 12 heteroatoms. The van der Waals surface area contributed by atoms with Gasteiger partial charge in [-0.05, 0) is 55.9 Å². The SMILES string of the molecule is CCCCOC[C@@]1(C2(O[Si](C)(C)C(C)(C)C)CC2)O[C@@H](n2cnc3c(NC(=O)c4ccccc4)ncnc32)[C@@H](O)C1OCCCC. The molecule has 1 saturated heterocycles. The standard InChI is InChI=1S/C34H51N5O6Si/c1-8-10-19-42-21-34(33(17-18-33)45-46(6,7)32(3,4)5)27(43-20-11-9-2)26(40)31(44-34)39-23-37-25-28(35-22-36-29(25)39)38-30(41)24-15-13-12-14-16-24/h12-16,22-23,26-27,31,40H,8-11,17-21H2,1-7H3,(H,35,36,38,41)/t26-,27?,31+,34+/m0/s1. The fraction of sp³-hybridized carbons (Fsp3) is 0.647. The van der Waals surface area contributed by atoms with E-state index >= 15 is 0 Å². The molecule has 1 amide bonds. The normalized spacial score (nSPS) is 24.4. The first-order chi connectivity index (χ1) is 21.9. The van der Waals surface area contributed by atoms with Crippen LogP contribution in [0.25, 0.3) is 11.2 Å². The molecule has 2 fully saturated rings. The van der Waals surface area contributed by atoms with Gasteiger partial charge in [0.05, 0.1) is 18.5 Å². The maximum atomic E-state index is 13.0. The van der Waals surface area contributed by atoms with Crippen LogP contribution >= 0.6 is 0 Å². The van der Waals surface area contributed by atoms with Gasteiger partial charge in [-0.2, -0.15) is 0 Å². The summed E-state index contributed by atoms with van der Waals surface area (Å²) in [5.74, 6) is -0.0340. The van der Waals surface area contributed by atoms with E-state index in [0.717, 1.165) is 38.5 Å². The lowest BCUT2D eigenvalue weighted by atomic mass is 9.87. The number of carbonyl (C=O) groups is 1. The van der Waals surface area contributed by atoms with Crippen LogP contribution in [0.2, 0.25) is 18.1 Å². The maximum Gasteiger partial charge on any atom is 0.256 e. The number of aromatic nitrogens is 4. The predicted octanol–water partition coefficient (Wildman–Crippen LogP) is 6.26. The molecule has 1 aromatic carbocycles. The van der Waals surface area contributed by atoms with Crippen molar-refractivity contribution in [3.05, 3.63) is 48.5 Å². The maximum absolute atomic E-state index is 13.0. The Balaban J connectivity index is 1.53. The van der Waals surface area contributed by atoms with Crippen LogP contribution < -0.4 is 5.32 Å². The number of unbranched alkanes of at least 4 members (excludes halogenated alkanes) is 2. The Morgan fingerprint density at radius 2 is 1.78 bits per heavy atom. The molecule has 4 atom stereocenters. The molecule has 1 saturated carbocycles. The topological polar surface area (TPSA) is 130 Å². The van der Waals surface area contributed by atoms with Crippen molar-refractivity contribution in [2.45, 2.75) is 121 Å². The Labute approximate surface area is 273 Å². The quantitative estimate of drug-likeness (QED) is 0.144. The Hall–Kier alpha value is -2.74. The summed E-state index contributed by atoms with van der Waals surface area (Å²) in [6.07, 6.45) is 5.58. The van der Waals surface area contributed by atoms with Crippen molar-refractivity contribution >= 4 is 31.2 Å².